The number of rotatable bonds is 3. The summed E-state index contributed by atoms with van der Waals surface area (Å²) in [6.45, 7) is 0. The molecular weight excluding hydrogens is 292 g/mol. The van der Waals surface area contributed by atoms with Crippen LogP contribution in [0.3, 0.4) is 0 Å². The van der Waals surface area contributed by atoms with Crippen molar-refractivity contribution in [1.82, 2.24) is 9.97 Å². The van der Waals surface area contributed by atoms with Crippen molar-refractivity contribution in [2.45, 2.75) is 0 Å². The van der Waals surface area contributed by atoms with Crippen LogP contribution in [-0.2, 0) is 0 Å². The van der Waals surface area contributed by atoms with Crippen molar-refractivity contribution < 1.29 is 9.52 Å². The highest BCUT2D eigenvalue weighted by atomic mass is 16.4. The summed E-state index contributed by atoms with van der Waals surface area (Å²) in [5.41, 5.74) is 2.52. The monoisotopic (exact) mass is 304 g/mol. The molecule has 0 radical (unpaired) electrons. The Morgan fingerprint density at radius 3 is 2.96 bits per heavy atom. The first-order chi connectivity index (χ1) is 11.3. The molecule has 1 aliphatic heterocycles. The molecule has 112 valence electrons. The molecule has 0 saturated carbocycles. The second-order valence-electron chi connectivity index (χ2n) is 4.96. The Morgan fingerprint density at radius 2 is 2.09 bits per heavy atom. The van der Waals surface area contributed by atoms with E-state index in [1.165, 1.54) is 6.07 Å². The summed E-state index contributed by atoms with van der Waals surface area (Å²) in [6, 6.07) is 8.97. The molecule has 0 aliphatic carbocycles. The minimum absolute atomic E-state index is 0.0506. The summed E-state index contributed by atoms with van der Waals surface area (Å²) in [5.74, 6) is 1.51. The van der Waals surface area contributed by atoms with Crippen molar-refractivity contribution in [2.24, 2.45) is 4.99 Å². The van der Waals surface area contributed by atoms with Crippen LogP contribution in [0.4, 0.5) is 17.4 Å². The maximum Gasteiger partial charge on any atom is 0.201 e. The fraction of sp³-hybridized carbons (Fsp3) is 0. The van der Waals surface area contributed by atoms with Crippen LogP contribution in [0.5, 0.6) is 5.75 Å². The first kappa shape index (κ1) is 13.3. The van der Waals surface area contributed by atoms with Gasteiger partial charge in [0.2, 0.25) is 5.88 Å². The molecule has 0 saturated heterocycles. The van der Waals surface area contributed by atoms with Crippen molar-refractivity contribution in [1.29, 1.82) is 0 Å². The van der Waals surface area contributed by atoms with Crippen LogP contribution >= 0.6 is 0 Å². The summed E-state index contributed by atoms with van der Waals surface area (Å²) < 4.78 is 5.65. The van der Waals surface area contributed by atoms with Gasteiger partial charge in [0.05, 0.1) is 11.9 Å². The van der Waals surface area contributed by atoms with Gasteiger partial charge < -0.3 is 14.8 Å². The maximum absolute atomic E-state index is 10.1. The van der Waals surface area contributed by atoms with E-state index < -0.39 is 0 Å². The zero-order valence-electron chi connectivity index (χ0n) is 12.0. The third-order valence-corrected chi connectivity index (χ3v) is 3.38. The van der Waals surface area contributed by atoms with Crippen molar-refractivity contribution in [2.75, 3.05) is 5.32 Å². The zero-order chi connectivity index (χ0) is 15.6. The van der Waals surface area contributed by atoms with Gasteiger partial charge >= 0.3 is 0 Å². The Kier molecular flexibility index (Phi) is 3.12. The average molecular weight is 304 g/mol. The number of pyridine rings is 2. The lowest BCUT2D eigenvalue weighted by atomic mass is 10.1. The minimum atomic E-state index is 0.0506. The predicted molar refractivity (Wildman–Crippen MR) is 88.2 cm³/mol. The van der Waals surface area contributed by atoms with Gasteiger partial charge in [0.15, 0.2) is 17.3 Å². The molecule has 4 heterocycles. The summed E-state index contributed by atoms with van der Waals surface area (Å²) in [7, 11) is 0. The van der Waals surface area contributed by atoms with Gasteiger partial charge in [-0.15, -0.1) is 0 Å². The van der Waals surface area contributed by atoms with Crippen LogP contribution in [0, 0.1) is 0 Å². The molecule has 23 heavy (non-hydrogen) atoms. The number of fused-ring (bicyclic) bond motifs is 1. The third kappa shape index (κ3) is 2.57. The quantitative estimate of drug-likeness (QED) is 0.769. The molecule has 3 aromatic heterocycles. The summed E-state index contributed by atoms with van der Waals surface area (Å²) in [5, 5.41) is 13.1. The van der Waals surface area contributed by atoms with Crippen LogP contribution < -0.4 is 5.32 Å². The second kappa shape index (κ2) is 5.42. The Balaban J connectivity index is 1.64. The Morgan fingerprint density at radius 1 is 1.17 bits per heavy atom. The topological polar surface area (TPSA) is 83.5 Å². The Labute approximate surface area is 131 Å². The van der Waals surface area contributed by atoms with E-state index in [-0.39, 0.29) is 5.75 Å². The third-order valence-electron chi connectivity index (χ3n) is 3.38. The van der Waals surface area contributed by atoms with E-state index in [0.29, 0.717) is 17.5 Å². The summed E-state index contributed by atoms with van der Waals surface area (Å²) in [6.07, 6.45) is 8.49. The highest BCUT2D eigenvalue weighted by Gasteiger charge is 2.15. The number of nitrogens with one attached hydrogen (secondary N) is 1. The van der Waals surface area contributed by atoms with Crippen molar-refractivity contribution in [3.63, 3.8) is 0 Å². The number of aliphatic imine (C=N–C) groups is 1. The number of nitrogens with zero attached hydrogens (tertiary/aromatic N) is 3. The van der Waals surface area contributed by atoms with E-state index in [1.807, 2.05) is 24.3 Å². The summed E-state index contributed by atoms with van der Waals surface area (Å²) in [4.78, 5) is 12.4. The molecule has 4 rings (SSSR count). The van der Waals surface area contributed by atoms with E-state index in [9.17, 15) is 5.11 Å². The minimum Gasteiger partial charge on any atom is -0.504 e. The van der Waals surface area contributed by atoms with Crippen LogP contribution in [0.25, 0.3) is 11.6 Å². The van der Waals surface area contributed by atoms with Gasteiger partial charge in [-0.25, -0.2) is 9.98 Å². The normalized spacial score (nSPS) is 14.2. The molecule has 0 amide bonds. The van der Waals surface area contributed by atoms with Crippen LogP contribution in [0.15, 0.2) is 58.3 Å². The number of allylic oxidation sites excluding steroid dienone is 1. The molecule has 0 atom stereocenters. The number of aromatic hydroxyl groups is 1. The maximum atomic E-state index is 10.1. The molecule has 3 aromatic rings. The number of hydrogen-bond donors (Lipinski definition) is 2. The SMILES string of the molecule is Oc1cc(Nc2cccnc2)oc1C=C1C=Nc2ncccc21. The molecule has 6 heteroatoms. The van der Waals surface area contributed by atoms with E-state index >= 15 is 0 Å². The van der Waals surface area contributed by atoms with Crippen LogP contribution in [-0.4, -0.2) is 21.3 Å². The number of anilines is 2. The molecule has 0 spiro atoms. The van der Waals surface area contributed by atoms with Gasteiger partial charge in [0.25, 0.3) is 0 Å². The summed E-state index contributed by atoms with van der Waals surface area (Å²) >= 11 is 0. The van der Waals surface area contributed by atoms with E-state index in [0.717, 1.165) is 16.8 Å². The van der Waals surface area contributed by atoms with Gasteiger partial charge in [-0.2, -0.15) is 0 Å². The van der Waals surface area contributed by atoms with E-state index in [1.54, 1.807) is 30.9 Å². The molecule has 0 unspecified atom stereocenters. The lowest BCUT2D eigenvalue weighted by Crippen LogP contribution is -1.87. The van der Waals surface area contributed by atoms with Crippen LogP contribution in [0.2, 0.25) is 0 Å². The average Bonchev–Trinajstić information content (AvgIpc) is 3.13. The van der Waals surface area contributed by atoms with Crippen LogP contribution in [0.1, 0.15) is 11.3 Å². The Hall–Kier alpha value is -3.41. The fourth-order valence-electron chi connectivity index (χ4n) is 2.32. The number of furan rings is 1. The molecule has 0 aromatic carbocycles. The van der Waals surface area contributed by atoms with Gasteiger partial charge in [-0.3, -0.25) is 4.98 Å². The molecule has 0 bridgehead atoms. The van der Waals surface area contributed by atoms with E-state index in [4.69, 9.17) is 4.42 Å². The predicted octanol–water partition coefficient (Wildman–Crippen LogP) is 3.78. The van der Waals surface area contributed by atoms with Crippen molar-refractivity contribution >= 4 is 35.3 Å². The van der Waals surface area contributed by atoms with Gasteiger partial charge in [-0.05, 0) is 30.3 Å². The Bertz CT molecular complexity index is 913. The molecular formula is C17H12N4O2. The van der Waals surface area contributed by atoms with Gasteiger partial charge in [0, 0.05) is 35.8 Å². The largest absolute Gasteiger partial charge is 0.504 e. The first-order valence-electron chi connectivity index (χ1n) is 7.00. The first-order valence-corrected chi connectivity index (χ1v) is 7.00. The molecule has 6 nitrogen and oxygen atoms in total. The van der Waals surface area contributed by atoms with Gasteiger partial charge in [-0.1, -0.05) is 0 Å². The zero-order valence-corrected chi connectivity index (χ0v) is 12.0. The van der Waals surface area contributed by atoms with Crippen molar-refractivity contribution in [3.05, 3.63) is 60.2 Å². The smallest absolute Gasteiger partial charge is 0.201 e. The second-order valence-corrected chi connectivity index (χ2v) is 4.96. The number of aromatic nitrogens is 2. The van der Waals surface area contributed by atoms with Gasteiger partial charge in [0.1, 0.15) is 0 Å². The molecule has 2 N–H and O–H groups in total. The lowest BCUT2D eigenvalue weighted by molar-refractivity contribution is 0.456. The lowest BCUT2D eigenvalue weighted by Gasteiger charge is -2.00. The van der Waals surface area contributed by atoms with Crippen molar-refractivity contribution in [3.8, 4) is 5.75 Å². The fourth-order valence-corrected chi connectivity index (χ4v) is 2.32. The number of hydrogen-bond acceptors (Lipinski definition) is 6. The highest BCUT2D eigenvalue weighted by Crippen LogP contribution is 2.34. The highest BCUT2D eigenvalue weighted by molar-refractivity contribution is 6.20. The van der Waals surface area contributed by atoms with E-state index in [2.05, 4.69) is 20.3 Å². The standard InChI is InChI=1S/C17H12N4O2/c22-14-8-16(21-12-3-1-5-18-10-12)23-15(14)7-11-9-20-17-13(11)4-2-6-19-17/h1-10,21-22H. The molecule has 0 fully saturated rings. The molecule has 1 aliphatic rings.